The fourth-order valence-corrected chi connectivity index (χ4v) is 4.17. The van der Waals surface area contributed by atoms with Gasteiger partial charge >= 0.3 is 0 Å². The maximum Gasteiger partial charge on any atom is 0.254 e. The van der Waals surface area contributed by atoms with E-state index in [1.165, 1.54) is 18.1 Å². The first-order valence-corrected chi connectivity index (χ1v) is 10.2. The second kappa shape index (κ2) is 8.25. The summed E-state index contributed by atoms with van der Waals surface area (Å²) < 4.78 is 0. The third-order valence-electron chi connectivity index (χ3n) is 5.84. The van der Waals surface area contributed by atoms with Crippen LogP contribution in [0.25, 0.3) is 0 Å². The Morgan fingerprint density at radius 2 is 1.55 bits per heavy atom. The molecule has 1 N–H and O–H groups in total. The minimum Gasteiger partial charge on any atom is -0.389 e. The maximum atomic E-state index is 12.9. The Balaban J connectivity index is 1.44. The number of fused-ring (bicyclic) bond motifs is 1. The number of anilines is 1. The lowest BCUT2D eigenvalue weighted by Gasteiger charge is -2.31. The molecule has 2 aliphatic heterocycles. The molecule has 0 aliphatic carbocycles. The molecule has 29 heavy (non-hydrogen) atoms. The normalized spacial score (nSPS) is 19.5. The smallest absolute Gasteiger partial charge is 0.254 e. The highest BCUT2D eigenvalue weighted by Gasteiger charge is 2.26. The minimum absolute atomic E-state index is 0.0780. The summed E-state index contributed by atoms with van der Waals surface area (Å²) in [5.41, 5.74) is 4.48. The number of carbonyl (C=O) groups is 2. The molecule has 0 saturated carbocycles. The van der Waals surface area contributed by atoms with Gasteiger partial charge in [-0.05, 0) is 41.8 Å². The van der Waals surface area contributed by atoms with E-state index in [-0.39, 0.29) is 24.9 Å². The van der Waals surface area contributed by atoms with E-state index >= 15 is 0 Å². The second-order valence-electron chi connectivity index (χ2n) is 7.86. The number of hydrogen-bond donors (Lipinski definition) is 1. The summed E-state index contributed by atoms with van der Waals surface area (Å²) in [6, 6.07) is 16.2. The van der Waals surface area contributed by atoms with Crippen molar-refractivity contribution >= 4 is 17.5 Å². The zero-order valence-corrected chi connectivity index (χ0v) is 16.8. The van der Waals surface area contributed by atoms with Crippen molar-refractivity contribution in [3.05, 3.63) is 65.2 Å². The number of carbonyl (C=O) groups excluding carboxylic acids is 2. The van der Waals surface area contributed by atoms with Gasteiger partial charge in [0.05, 0.1) is 6.10 Å². The average Bonchev–Trinajstić information content (AvgIpc) is 2.95. The van der Waals surface area contributed by atoms with Crippen molar-refractivity contribution in [2.45, 2.75) is 26.0 Å². The van der Waals surface area contributed by atoms with Crippen molar-refractivity contribution in [1.29, 1.82) is 0 Å². The number of hydrogen-bond acceptors (Lipinski definition) is 4. The Kier molecular flexibility index (Phi) is 5.53. The molecule has 0 radical (unpaired) electrons. The zero-order chi connectivity index (χ0) is 20.4. The van der Waals surface area contributed by atoms with Gasteiger partial charge in [0.15, 0.2) is 0 Å². The Labute approximate surface area is 171 Å². The summed E-state index contributed by atoms with van der Waals surface area (Å²) in [4.78, 5) is 30.1. The first-order valence-electron chi connectivity index (χ1n) is 10.2. The predicted octanol–water partition coefficient (Wildman–Crippen LogP) is 1.91. The van der Waals surface area contributed by atoms with Crippen molar-refractivity contribution < 1.29 is 14.7 Å². The van der Waals surface area contributed by atoms with Gasteiger partial charge in [-0.1, -0.05) is 24.3 Å². The van der Waals surface area contributed by atoms with Crippen molar-refractivity contribution in [3.8, 4) is 0 Å². The van der Waals surface area contributed by atoms with Crippen molar-refractivity contribution in [3.63, 3.8) is 0 Å². The van der Waals surface area contributed by atoms with Crippen LogP contribution in [0.1, 0.15) is 28.4 Å². The number of nitrogens with zero attached hydrogens (tertiary/aromatic N) is 3. The zero-order valence-electron chi connectivity index (χ0n) is 16.8. The van der Waals surface area contributed by atoms with Crippen LogP contribution in [-0.2, 0) is 17.8 Å². The Morgan fingerprint density at radius 1 is 0.897 bits per heavy atom. The lowest BCUT2D eigenvalue weighted by molar-refractivity contribution is -0.129. The van der Waals surface area contributed by atoms with Gasteiger partial charge in [-0.2, -0.15) is 0 Å². The molecular weight excluding hydrogens is 366 g/mol. The molecule has 4 rings (SSSR count). The van der Waals surface area contributed by atoms with Gasteiger partial charge in [0.25, 0.3) is 5.91 Å². The molecular formula is C23H27N3O3. The first kappa shape index (κ1) is 19.5. The van der Waals surface area contributed by atoms with E-state index in [2.05, 4.69) is 29.2 Å². The standard InChI is InChI=1S/C23H27N3O3/c1-17(27)24-12-13-26(16-22(28)15-24)23(29)19-6-8-21(9-7-19)25-11-10-18-4-2-3-5-20(18)14-25/h2-9,22,28H,10-16H2,1H3. The van der Waals surface area contributed by atoms with E-state index in [0.29, 0.717) is 18.7 Å². The molecule has 2 aromatic carbocycles. The van der Waals surface area contributed by atoms with Crippen molar-refractivity contribution in [2.75, 3.05) is 37.6 Å². The summed E-state index contributed by atoms with van der Waals surface area (Å²) in [7, 11) is 0. The topological polar surface area (TPSA) is 64.1 Å². The van der Waals surface area contributed by atoms with Gasteiger partial charge in [0, 0.05) is 57.4 Å². The Bertz CT molecular complexity index is 896. The van der Waals surface area contributed by atoms with Gasteiger partial charge in [0.1, 0.15) is 0 Å². The fraction of sp³-hybridized carbons (Fsp3) is 0.391. The van der Waals surface area contributed by atoms with Gasteiger partial charge in [-0.15, -0.1) is 0 Å². The predicted molar refractivity (Wildman–Crippen MR) is 112 cm³/mol. The average molecular weight is 393 g/mol. The van der Waals surface area contributed by atoms with Crippen LogP contribution < -0.4 is 4.90 Å². The van der Waals surface area contributed by atoms with Gasteiger partial charge in [-0.3, -0.25) is 9.59 Å². The number of aliphatic hydroxyl groups excluding tert-OH is 1. The third-order valence-corrected chi connectivity index (χ3v) is 5.84. The van der Waals surface area contributed by atoms with E-state index in [0.717, 1.165) is 25.2 Å². The largest absolute Gasteiger partial charge is 0.389 e. The highest BCUT2D eigenvalue weighted by Crippen LogP contribution is 2.25. The van der Waals surface area contributed by atoms with Crippen LogP contribution in [0.15, 0.2) is 48.5 Å². The molecule has 1 fully saturated rings. The van der Waals surface area contributed by atoms with Crippen LogP contribution in [0.3, 0.4) is 0 Å². The van der Waals surface area contributed by atoms with Crippen LogP contribution in [0.4, 0.5) is 5.69 Å². The molecule has 2 heterocycles. The van der Waals surface area contributed by atoms with Gasteiger partial charge in [-0.25, -0.2) is 0 Å². The van der Waals surface area contributed by atoms with Gasteiger partial charge in [0.2, 0.25) is 5.91 Å². The van der Waals surface area contributed by atoms with Crippen LogP contribution >= 0.6 is 0 Å². The van der Waals surface area contributed by atoms with Crippen LogP contribution in [0.5, 0.6) is 0 Å². The second-order valence-corrected chi connectivity index (χ2v) is 7.86. The lowest BCUT2D eigenvalue weighted by atomic mass is 9.99. The molecule has 6 nitrogen and oxygen atoms in total. The Morgan fingerprint density at radius 3 is 2.28 bits per heavy atom. The van der Waals surface area contributed by atoms with Gasteiger partial charge < -0.3 is 19.8 Å². The van der Waals surface area contributed by atoms with Crippen LogP contribution in [0, 0.1) is 0 Å². The summed E-state index contributed by atoms with van der Waals surface area (Å²) in [5, 5.41) is 10.2. The minimum atomic E-state index is -0.724. The summed E-state index contributed by atoms with van der Waals surface area (Å²) in [5.74, 6) is -0.184. The van der Waals surface area contributed by atoms with E-state index in [4.69, 9.17) is 0 Å². The molecule has 2 aliphatic rings. The number of β-amino-alcohol motifs (C(OH)–C–C–N with tert-alkyl or cyclic N) is 1. The molecule has 2 aromatic rings. The number of benzene rings is 2. The summed E-state index contributed by atoms with van der Waals surface area (Å²) in [6.07, 6.45) is 0.299. The van der Waals surface area contributed by atoms with Crippen molar-refractivity contribution in [1.82, 2.24) is 9.80 Å². The quantitative estimate of drug-likeness (QED) is 0.847. The number of rotatable bonds is 2. The third kappa shape index (κ3) is 4.27. The van der Waals surface area contributed by atoms with E-state index in [9.17, 15) is 14.7 Å². The van der Waals surface area contributed by atoms with Crippen LogP contribution in [0.2, 0.25) is 0 Å². The monoisotopic (exact) mass is 393 g/mol. The highest BCUT2D eigenvalue weighted by molar-refractivity contribution is 5.94. The molecule has 0 aromatic heterocycles. The van der Waals surface area contributed by atoms with Crippen molar-refractivity contribution in [2.24, 2.45) is 0 Å². The first-order chi connectivity index (χ1) is 14.0. The molecule has 2 amide bonds. The van der Waals surface area contributed by atoms with E-state index in [1.54, 1.807) is 9.80 Å². The molecule has 0 spiro atoms. The van der Waals surface area contributed by atoms with E-state index < -0.39 is 6.10 Å². The SMILES string of the molecule is CC(=O)N1CCN(C(=O)c2ccc(N3CCc4ccccc4C3)cc2)CC(O)C1. The molecule has 152 valence electrons. The fourth-order valence-electron chi connectivity index (χ4n) is 4.17. The molecule has 1 atom stereocenters. The molecule has 1 unspecified atom stereocenters. The number of amides is 2. The van der Waals surface area contributed by atoms with E-state index in [1.807, 2.05) is 24.3 Å². The Hall–Kier alpha value is -2.86. The highest BCUT2D eigenvalue weighted by atomic mass is 16.3. The maximum absolute atomic E-state index is 12.9. The molecule has 0 bridgehead atoms. The van der Waals surface area contributed by atoms with Crippen LogP contribution in [-0.4, -0.2) is 65.5 Å². The number of aliphatic hydroxyl groups is 1. The molecule has 6 heteroatoms. The molecule has 1 saturated heterocycles. The lowest BCUT2D eigenvalue weighted by Crippen LogP contribution is -2.37. The summed E-state index contributed by atoms with van der Waals surface area (Å²) >= 11 is 0. The summed E-state index contributed by atoms with van der Waals surface area (Å²) in [6.45, 7) is 4.72.